The van der Waals surface area contributed by atoms with Crippen molar-refractivity contribution in [3.05, 3.63) is 28.8 Å². The standard InChI is InChI=1S/C17H26ClN3O3S/c1-19-25(23,24)14-7-8-16(18)15(13-14)17(22)20-9-6-12-21-10-4-2-3-5-11-21/h7-8,13,19H,2-6,9-12H2,1H3,(H,20,22). The second-order valence-electron chi connectivity index (χ2n) is 6.21. The van der Waals surface area contributed by atoms with Gasteiger partial charge in [0.15, 0.2) is 0 Å². The highest BCUT2D eigenvalue weighted by molar-refractivity contribution is 7.89. The van der Waals surface area contributed by atoms with Crippen LogP contribution in [-0.4, -0.2) is 52.5 Å². The summed E-state index contributed by atoms with van der Waals surface area (Å²) in [7, 11) is -2.28. The molecule has 0 saturated carbocycles. The molecule has 0 aliphatic carbocycles. The van der Waals surface area contributed by atoms with E-state index in [2.05, 4.69) is 14.9 Å². The van der Waals surface area contributed by atoms with Crippen LogP contribution in [0.2, 0.25) is 5.02 Å². The first-order valence-electron chi connectivity index (χ1n) is 8.67. The zero-order valence-electron chi connectivity index (χ0n) is 14.6. The van der Waals surface area contributed by atoms with E-state index in [1.165, 1.54) is 50.9 Å². The number of carbonyl (C=O) groups excluding carboxylic acids is 1. The Bertz CT molecular complexity index is 686. The maximum absolute atomic E-state index is 12.3. The first-order valence-corrected chi connectivity index (χ1v) is 10.5. The SMILES string of the molecule is CNS(=O)(=O)c1ccc(Cl)c(C(=O)NCCCN2CCCCCC2)c1. The van der Waals surface area contributed by atoms with Crippen LogP contribution in [0.4, 0.5) is 0 Å². The molecule has 25 heavy (non-hydrogen) atoms. The van der Waals surface area contributed by atoms with Crippen molar-refractivity contribution in [2.24, 2.45) is 0 Å². The van der Waals surface area contributed by atoms with Crippen LogP contribution in [0.15, 0.2) is 23.1 Å². The maximum atomic E-state index is 12.3. The fraction of sp³-hybridized carbons (Fsp3) is 0.588. The Kier molecular flexibility index (Phi) is 7.68. The van der Waals surface area contributed by atoms with Crippen LogP contribution >= 0.6 is 11.6 Å². The fourth-order valence-electron chi connectivity index (χ4n) is 2.92. The number of amides is 1. The largest absolute Gasteiger partial charge is 0.352 e. The molecule has 1 aliphatic heterocycles. The Morgan fingerprint density at radius 3 is 2.52 bits per heavy atom. The van der Waals surface area contributed by atoms with E-state index in [0.717, 1.165) is 26.1 Å². The lowest BCUT2D eigenvalue weighted by atomic mass is 10.2. The summed E-state index contributed by atoms with van der Waals surface area (Å²) in [4.78, 5) is 14.8. The summed E-state index contributed by atoms with van der Waals surface area (Å²) in [6.07, 6.45) is 5.95. The van der Waals surface area contributed by atoms with E-state index in [-0.39, 0.29) is 21.4 Å². The molecule has 1 fully saturated rings. The lowest BCUT2D eigenvalue weighted by Gasteiger charge is -2.19. The minimum atomic E-state index is -3.61. The molecule has 0 bridgehead atoms. The number of carbonyl (C=O) groups is 1. The highest BCUT2D eigenvalue weighted by Crippen LogP contribution is 2.20. The summed E-state index contributed by atoms with van der Waals surface area (Å²) in [6.45, 7) is 3.75. The summed E-state index contributed by atoms with van der Waals surface area (Å²) in [5.74, 6) is -0.353. The van der Waals surface area contributed by atoms with Crippen molar-refractivity contribution < 1.29 is 13.2 Å². The normalized spacial score (nSPS) is 16.4. The molecule has 1 aliphatic rings. The first-order chi connectivity index (χ1) is 11.9. The molecule has 1 aromatic carbocycles. The molecule has 1 heterocycles. The highest BCUT2D eigenvalue weighted by Gasteiger charge is 2.17. The monoisotopic (exact) mass is 387 g/mol. The number of likely N-dealkylation sites (tertiary alicyclic amines) is 1. The molecule has 8 heteroatoms. The third-order valence-electron chi connectivity index (χ3n) is 4.40. The van der Waals surface area contributed by atoms with Crippen LogP contribution in [0.1, 0.15) is 42.5 Å². The van der Waals surface area contributed by atoms with Gasteiger partial charge in [0.25, 0.3) is 5.91 Å². The van der Waals surface area contributed by atoms with Crippen LogP contribution in [-0.2, 0) is 10.0 Å². The van der Waals surface area contributed by atoms with E-state index in [0.29, 0.717) is 6.54 Å². The van der Waals surface area contributed by atoms with Crippen molar-refractivity contribution in [1.82, 2.24) is 14.9 Å². The highest BCUT2D eigenvalue weighted by atomic mass is 35.5. The Morgan fingerprint density at radius 1 is 1.20 bits per heavy atom. The molecule has 2 N–H and O–H groups in total. The van der Waals surface area contributed by atoms with Crippen LogP contribution in [0.3, 0.4) is 0 Å². The Balaban J connectivity index is 1.89. The van der Waals surface area contributed by atoms with Crippen molar-refractivity contribution in [2.75, 3.05) is 33.2 Å². The number of nitrogens with one attached hydrogen (secondary N) is 2. The summed E-state index contributed by atoms with van der Waals surface area (Å²) >= 11 is 6.05. The number of hydrogen-bond acceptors (Lipinski definition) is 4. The van der Waals surface area contributed by atoms with Crippen LogP contribution in [0.5, 0.6) is 0 Å². The smallest absolute Gasteiger partial charge is 0.252 e. The molecule has 0 atom stereocenters. The average molecular weight is 388 g/mol. The Morgan fingerprint density at radius 2 is 1.88 bits per heavy atom. The minimum absolute atomic E-state index is 0.0223. The van der Waals surface area contributed by atoms with Gasteiger partial charge in [-0.05, 0) is 64.1 Å². The minimum Gasteiger partial charge on any atom is -0.352 e. The molecule has 140 valence electrons. The number of sulfonamides is 1. The van der Waals surface area contributed by atoms with Gasteiger partial charge in [0.2, 0.25) is 10.0 Å². The van der Waals surface area contributed by atoms with Crippen LogP contribution in [0.25, 0.3) is 0 Å². The van der Waals surface area contributed by atoms with Crippen LogP contribution < -0.4 is 10.0 Å². The van der Waals surface area contributed by atoms with Gasteiger partial charge in [-0.2, -0.15) is 0 Å². The molecule has 6 nitrogen and oxygen atoms in total. The molecule has 0 unspecified atom stereocenters. The zero-order chi connectivity index (χ0) is 18.3. The van der Waals surface area contributed by atoms with Gasteiger partial charge in [0.05, 0.1) is 15.5 Å². The van der Waals surface area contributed by atoms with Gasteiger partial charge < -0.3 is 10.2 Å². The topological polar surface area (TPSA) is 78.5 Å². The molecule has 1 aromatic rings. The van der Waals surface area contributed by atoms with Crippen molar-refractivity contribution in [1.29, 1.82) is 0 Å². The van der Waals surface area contributed by atoms with E-state index in [1.807, 2.05) is 0 Å². The van der Waals surface area contributed by atoms with Crippen molar-refractivity contribution in [3.63, 3.8) is 0 Å². The molecule has 1 saturated heterocycles. The molecular weight excluding hydrogens is 362 g/mol. The summed E-state index contributed by atoms with van der Waals surface area (Å²) < 4.78 is 25.9. The van der Waals surface area contributed by atoms with Crippen molar-refractivity contribution >= 4 is 27.5 Å². The third kappa shape index (κ3) is 5.95. The van der Waals surface area contributed by atoms with E-state index in [1.54, 1.807) is 0 Å². The zero-order valence-corrected chi connectivity index (χ0v) is 16.1. The Hall–Kier alpha value is -1.15. The summed E-state index contributed by atoms with van der Waals surface area (Å²) in [5, 5.41) is 3.06. The number of nitrogens with zero attached hydrogens (tertiary/aromatic N) is 1. The maximum Gasteiger partial charge on any atom is 0.252 e. The lowest BCUT2D eigenvalue weighted by Crippen LogP contribution is -2.31. The lowest BCUT2D eigenvalue weighted by molar-refractivity contribution is 0.0951. The number of halogens is 1. The van der Waals surface area contributed by atoms with Gasteiger partial charge in [0, 0.05) is 6.54 Å². The van der Waals surface area contributed by atoms with E-state index in [4.69, 9.17) is 11.6 Å². The molecule has 0 radical (unpaired) electrons. The quantitative estimate of drug-likeness (QED) is 0.703. The second kappa shape index (κ2) is 9.52. The molecule has 2 rings (SSSR count). The van der Waals surface area contributed by atoms with Gasteiger partial charge in [-0.25, -0.2) is 13.1 Å². The number of benzene rings is 1. The fourth-order valence-corrected chi connectivity index (χ4v) is 3.88. The number of hydrogen-bond donors (Lipinski definition) is 2. The molecule has 1 amide bonds. The molecule has 0 spiro atoms. The van der Waals surface area contributed by atoms with Gasteiger partial charge in [0.1, 0.15) is 0 Å². The van der Waals surface area contributed by atoms with E-state index >= 15 is 0 Å². The summed E-state index contributed by atoms with van der Waals surface area (Å²) in [5.41, 5.74) is 0.174. The van der Waals surface area contributed by atoms with Crippen molar-refractivity contribution in [3.8, 4) is 0 Å². The average Bonchev–Trinajstić information content (AvgIpc) is 2.87. The molecule has 0 aromatic heterocycles. The van der Waals surface area contributed by atoms with Crippen molar-refractivity contribution in [2.45, 2.75) is 37.0 Å². The Labute approximate surface area is 155 Å². The second-order valence-corrected chi connectivity index (χ2v) is 8.51. The van der Waals surface area contributed by atoms with E-state index in [9.17, 15) is 13.2 Å². The van der Waals surface area contributed by atoms with E-state index < -0.39 is 10.0 Å². The van der Waals surface area contributed by atoms with Gasteiger partial charge in [-0.3, -0.25) is 4.79 Å². The van der Waals surface area contributed by atoms with Gasteiger partial charge >= 0.3 is 0 Å². The van der Waals surface area contributed by atoms with Gasteiger partial charge in [-0.1, -0.05) is 24.4 Å². The predicted octanol–water partition coefficient (Wildman–Crippen LogP) is 2.24. The molecular formula is C17H26ClN3O3S. The summed E-state index contributed by atoms with van der Waals surface area (Å²) in [6, 6.07) is 4.11. The van der Waals surface area contributed by atoms with Gasteiger partial charge in [-0.15, -0.1) is 0 Å². The van der Waals surface area contributed by atoms with Crippen LogP contribution in [0, 0.1) is 0 Å². The first kappa shape index (κ1) is 20.2. The number of rotatable bonds is 7. The predicted molar refractivity (Wildman–Crippen MR) is 99.6 cm³/mol. The third-order valence-corrected chi connectivity index (χ3v) is 6.14.